The quantitative estimate of drug-likeness (QED) is 0.442. The van der Waals surface area contributed by atoms with Crippen LogP contribution in [0.5, 0.6) is 17.2 Å². The summed E-state index contributed by atoms with van der Waals surface area (Å²) in [6.45, 7) is 0. The first kappa shape index (κ1) is 19.9. The lowest BCUT2D eigenvalue weighted by Gasteiger charge is -2.14. The molecular weight excluding hydrogens is 386 g/mol. The second-order valence-corrected chi connectivity index (χ2v) is 7.29. The number of benzene rings is 1. The molecule has 1 heterocycles. The number of carbonyl (C=O) groups is 1. The number of rotatable bonds is 6. The fraction of sp³-hybridized carbons (Fsp3) is 0.444. The second-order valence-electron chi connectivity index (χ2n) is 6.20. The van der Waals surface area contributed by atoms with Crippen molar-refractivity contribution in [3.63, 3.8) is 0 Å². The Balaban J connectivity index is 2.00. The number of aromatic nitrogens is 1. The summed E-state index contributed by atoms with van der Waals surface area (Å²) in [6, 6.07) is 1.27. The molecule has 28 heavy (non-hydrogen) atoms. The minimum atomic E-state index is -0.674. The van der Waals surface area contributed by atoms with Crippen LogP contribution in [0.25, 0.3) is 0 Å². The average molecular weight is 407 g/mol. The lowest BCUT2D eigenvalue weighted by molar-refractivity contribution is -0.386. The predicted octanol–water partition coefficient (Wildman–Crippen LogP) is 3.60. The highest BCUT2D eigenvalue weighted by molar-refractivity contribution is 7.15. The van der Waals surface area contributed by atoms with Crippen LogP contribution < -0.4 is 19.5 Å². The van der Waals surface area contributed by atoms with Crippen LogP contribution in [0.15, 0.2) is 6.07 Å². The Morgan fingerprint density at radius 3 is 2.50 bits per heavy atom. The monoisotopic (exact) mass is 407 g/mol. The molecule has 0 aliphatic heterocycles. The normalized spacial score (nSPS) is 13.2. The van der Waals surface area contributed by atoms with Crippen molar-refractivity contribution in [2.75, 3.05) is 26.6 Å². The van der Waals surface area contributed by atoms with Crippen molar-refractivity contribution in [2.24, 2.45) is 0 Å². The van der Waals surface area contributed by atoms with Crippen molar-refractivity contribution in [3.05, 3.63) is 32.3 Å². The molecule has 0 spiro atoms. The first-order valence-corrected chi connectivity index (χ1v) is 9.59. The molecule has 0 radical (unpaired) electrons. The molecule has 0 saturated heterocycles. The molecule has 3 rings (SSSR count). The average Bonchev–Trinajstić information content (AvgIpc) is 2.93. The largest absolute Gasteiger partial charge is 0.493 e. The van der Waals surface area contributed by atoms with Crippen LogP contribution in [0.1, 0.15) is 40.2 Å². The summed E-state index contributed by atoms with van der Waals surface area (Å²) in [5.74, 6) is -0.624. The van der Waals surface area contributed by atoms with E-state index in [-0.39, 0.29) is 22.8 Å². The van der Waals surface area contributed by atoms with Crippen molar-refractivity contribution in [2.45, 2.75) is 32.1 Å². The van der Waals surface area contributed by atoms with E-state index >= 15 is 0 Å². The highest BCUT2D eigenvalue weighted by Crippen LogP contribution is 2.46. The highest BCUT2D eigenvalue weighted by Gasteiger charge is 2.33. The Kier molecular flexibility index (Phi) is 5.98. The van der Waals surface area contributed by atoms with Crippen molar-refractivity contribution >= 4 is 28.1 Å². The van der Waals surface area contributed by atoms with Crippen LogP contribution in [0.4, 0.5) is 10.8 Å². The number of nitro benzene ring substituents is 1. The van der Waals surface area contributed by atoms with Gasteiger partial charge in [-0.25, -0.2) is 4.98 Å². The first-order valence-electron chi connectivity index (χ1n) is 8.77. The number of fused-ring (bicyclic) bond motifs is 1. The van der Waals surface area contributed by atoms with Gasteiger partial charge in [-0.15, -0.1) is 11.3 Å². The highest BCUT2D eigenvalue weighted by atomic mass is 32.1. The van der Waals surface area contributed by atoms with Crippen LogP contribution >= 0.6 is 11.3 Å². The number of anilines is 1. The number of hydrogen-bond acceptors (Lipinski definition) is 8. The van der Waals surface area contributed by atoms with Crippen LogP contribution in [0.2, 0.25) is 0 Å². The van der Waals surface area contributed by atoms with Gasteiger partial charge in [-0.2, -0.15) is 0 Å². The van der Waals surface area contributed by atoms with E-state index < -0.39 is 16.5 Å². The maximum atomic E-state index is 12.9. The minimum absolute atomic E-state index is 0.0502. The molecule has 0 saturated carbocycles. The van der Waals surface area contributed by atoms with E-state index in [9.17, 15) is 14.9 Å². The molecule has 0 unspecified atom stereocenters. The number of carbonyl (C=O) groups excluding carboxylic acids is 1. The number of thiazole rings is 1. The molecule has 150 valence electrons. The van der Waals surface area contributed by atoms with Gasteiger partial charge in [0.1, 0.15) is 5.56 Å². The zero-order valence-electron chi connectivity index (χ0n) is 15.9. The number of ether oxygens (including phenoxy) is 3. The maximum Gasteiger partial charge on any atom is 0.327 e. The van der Waals surface area contributed by atoms with E-state index in [0.717, 1.165) is 36.3 Å². The van der Waals surface area contributed by atoms with E-state index in [1.165, 1.54) is 45.2 Å². The Bertz CT molecular complexity index is 888. The molecule has 1 N–H and O–H groups in total. The smallest absolute Gasteiger partial charge is 0.327 e. The summed E-state index contributed by atoms with van der Waals surface area (Å²) < 4.78 is 15.5. The zero-order chi connectivity index (χ0) is 20.3. The molecule has 1 aliphatic rings. The number of nitrogens with one attached hydrogen (secondary N) is 1. The van der Waals surface area contributed by atoms with Gasteiger partial charge in [0.25, 0.3) is 5.91 Å². The van der Waals surface area contributed by atoms with E-state index in [2.05, 4.69) is 10.3 Å². The van der Waals surface area contributed by atoms with Gasteiger partial charge in [-0.3, -0.25) is 20.2 Å². The van der Waals surface area contributed by atoms with Crippen LogP contribution in [0.3, 0.4) is 0 Å². The van der Waals surface area contributed by atoms with Crippen LogP contribution in [-0.2, 0) is 12.8 Å². The molecule has 0 atom stereocenters. The summed E-state index contributed by atoms with van der Waals surface area (Å²) >= 11 is 1.41. The Morgan fingerprint density at radius 2 is 1.86 bits per heavy atom. The van der Waals surface area contributed by atoms with Gasteiger partial charge >= 0.3 is 5.69 Å². The van der Waals surface area contributed by atoms with Gasteiger partial charge in [0.15, 0.2) is 10.9 Å². The summed E-state index contributed by atoms with van der Waals surface area (Å²) in [6.07, 6.45) is 5.16. The fourth-order valence-corrected chi connectivity index (χ4v) is 4.29. The molecule has 1 aliphatic carbocycles. The minimum Gasteiger partial charge on any atom is -0.493 e. The fourth-order valence-electron chi connectivity index (χ4n) is 3.24. The third-order valence-corrected chi connectivity index (χ3v) is 5.62. The standard InChI is InChI=1S/C18H21N3O6S/c1-25-12-9-10(14(21(23)24)16(27-3)15(12)26-2)17(22)20-18-19-11-7-5-4-6-8-13(11)28-18/h9H,4-8H2,1-3H3,(H,19,20,22). The lowest BCUT2D eigenvalue weighted by Crippen LogP contribution is -2.15. The molecule has 0 fully saturated rings. The van der Waals surface area contributed by atoms with Gasteiger partial charge in [0.2, 0.25) is 11.5 Å². The van der Waals surface area contributed by atoms with Gasteiger partial charge in [0.05, 0.1) is 31.9 Å². The van der Waals surface area contributed by atoms with Gasteiger partial charge < -0.3 is 14.2 Å². The third kappa shape index (κ3) is 3.72. The SMILES string of the molecule is COc1cc(C(=O)Nc2nc3c(s2)CCCCC3)c([N+](=O)[O-])c(OC)c1OC. The lowest BCUT2D eigenvalue weighted by atomic mass is 10.1. The molecule has 2 aromatic rings. The summed E-state index contributed by atoms with van der Waals surface area (Å²) in [7, 11) is 3.99. The first-order chi connectivity index (χ1) is 13.5. The Hall–Kier alpha value is -2.88. The molecule has 1 aromatic heterocycles. The molecule has 1 aromatic carbocycles. The van der Waals surface area contributed by atoms with Crippen molar-refractivity contribution in [1.29, 1.82) is 0 Å². The van der Waals surface area contributed by atoms with Crippen LogP contribution in [0, 0.1) is 10.1 Å². The Labute approximate surface area is 165 Å². The second kappa shape index (κ2) is 8.42. The number of nitrogens with zero attached hydrogens (tertiary/aromatic N) is 2. The number of hydrogen-bond donors (Lipinski definition) is 1. The summed E-state index contributed by atoms with van der Waals surface area (Å²) in [5, 5.41) is 14.8. The van der Waals surface area contributed by atoms with Gasteiger partial charge in [0, 0.05) is 10.9 Å². The molecular formula is C18H21N3O6S. The van der Waals surface area contributed by atoms with E-state index in [1.807, 2.05) is 0 Å². The van der Waals surface area contributed by atoms with Gasteiger partial charge in [-0.05, 0) is 25.7 Å². The number of aryl methyl sites for hydroxylation is 2. The summed E-state index contributed by atoms with van der Waals surface area (Å²) in [5.41, 5.74) is 0.317. The van der Waals surface area contributed by atoms with Crippen molar-refractivity contribution in [1.82, 2.24) is 4.98 Å². The molecule has 10 heteroatoms. The van der Waals surface area contributed by atoms with E-state index in [1.54, 1.807) is 0 Å². The maximum absolute atomic E-state index is 12.9. The van der Waals surface area contributed by atoms with Crippen molar-refractivity contribution < 1.29 is 23.9 Å². The number of nitro groups is 1. The van der Waals surface area contributed by atoms with E-state index in [4.69, 9.17) is 14.2 Å². The molecule has 9 nitrogen and oxygen atoms in total. The van der Waals surface area contributed by atoms with Gasteiger partial charge in [-0.1, -0.05) is 6.42 Å². The topological polar surface area (TPSA) is 113 Å². The zero-order valence-corrected chi connectivity index (χ0v) is 16.7. The molecule has 1 amide bonds. The third-order valence-electron chi connectivity index (χ3n) is 4.55. The van der Waals surface area contributed by atoms with Crippen LogP contribution in [-0.4, -0.2) is 37.1 Å². The number of amides is 1. The number of methoxy groups -OCH3 is 3. The van der Waals surface area contributed by atoms with Crippen molar-refractivity contribution in [3.8, 4) is 17.2 Å². The predicted molar refractivity (Wildman–Crippen MR) is 104 cm³/mol. The Morgan fingerprint density at radius 1 is 1.14 bits per heavy atom. The summed E-state index contributed by atoms with van der Waals surface area (Å²) in [4.78, 5) is 29.5. The molecule has 0 bridgehead atoms. The van der Waals surface area contributed by atoms with E-state index in [0.29, 0.717) is 5.13 Å².